The molecule has 3 atom stereocenters. The summed E-state index contributed by atoms with van der Waals surface area (Å²) in [7, 11) is -3.96. The van der Waals surface area contributed by atoms with Crippen LogP contribution in [-0.4, -0.2) is 134 Å². The maximum absolute atomic E-state index is 13.7. The average molecular weight is 641 g/mol. The van der Waals surface area contributed by atoms with E-state index in [4.69, 9.17) is 24.5 Å². The topological polar surface area (TPSA) is 202 Å². The van der Waals surface area contributed by atoms with Gasteiger partial charge in [-0.25, -0.2) is 0 Å². The largest absolute Gasteiger partial charge is 0.378 e. The highest BCUT2D eigenvalue weighted by Gasteiger charge is 2.36. The number of ether oxygens (including phenoxy) is 3. The van der Waals surface area contributed by atoms with Crippen LogP contribution < -0.4 is 32.3 Å². The standard InChI is InChI=1S/C28H60N6O8S/c1-5-24(3)34-25(7-8-26(35)33-13-12-30-10-11-31-15-22-43(37,38)39)27(36)28(4,6-2)23-32-14-17-41-19-21-42-20-18-40-16-9-29/h24-25,30-32,34H,5-23,29H2,1-4H3,(H,33,35)(H,37,38,39). The van der Waals surface area contributed by atoms with Crippen LogP contribution in [-0.2, 0) is 33.9 Å². The number of ketones is 1. The molecule has 0 aliphatic rings. The molecule has 0 aromatic heterocycles. The normalized spacial score (nSPS) is 14.7. The minimum atomic E-state index is -3.96. The summed E-state index contributed by atoms with van der Waals surface area (Å²) in [6.07, 6.45) is 2.19. The summed E-state index contributed by atoms with van der Waals surface area (Å²) >= 11 is 0. The van der Waals surface area contributed by atoms with Gasteiger partial charge in [-0.05, 0) is 26.2 Å². The van der Waals surface area contributed by atoms with Gasteiger partial charge < -0.3 is 46.5 Å². The Balaban J connectivity index is 4.41. The van der Waals surface area contributed by atoms with E-state index in [9.17, 15) is 18.0 Å². The minimum Gasteiger partial charge on any atom is -0.378 e. The smallest absolute Gasteiger partial charge is 0.266 e. The third-order valence-electron chi connectivity index (χ3n) is 7.03. The lowest BCUT2D eigenvalue weighted by Crippen LogP contribution is -2.51. The predicted molar refractivity (Wildman–Crippen MR) is 169 cm³/mol. The molecule has 0 spiro atoms. The second kappa shape index (κ2) is 26.0. The number of nitrogens with one attached hydrogen (secondary N) is 5. The molecule has 0 radical (unpaired) electrons. The van der Waals surface area contributed by atoms with Crippen LogP contribution in [0, 0.1) is 5.41 Å². The van der Waals surface area contributed by atoms with Crippen molar-refractivity contribution in [2.24, 2.45) is 11.1 Å². The van der Waals surface area contributed by atoms with Crippen molar-refractivity contribution >= 4 is 21.8 Å². The first kappa shape index (κ1) is 41.7. The molecule has 1 amide bonds. The first-order valence-corrected chi connectivity index (χ1v) is 17.2. The lowest BCUT2D eigenvalue weighted by Gasteiger charge is -2.33. The fraction of sp³-hybridized carbons (Fsp3) is 0.929. The molecule has 0 bridgehead atoms. The van der Waals surface area contributed by atoms with E-state index in [1.54, 1.807) is 0 Å². The van der Waals surface area contributed by atoms with Gasteiger partial charge in [0.05, 0.1) is 51.4 Å². The zero-order chi connectivity index (χ0) is 32.4. The lowest BCUT2D eigenvalue weighted by molar-refractivity contribution is -0.130. The van der Waals surface area contributed by atoms with Crippen molar-refractivity contribution < 1.29 is 36.8 Å². The number of hydrogen-bond acceptors (Lipinski definition) is 12. The molecule has 0 rings (SSSR count). The first-order chi connectivity index (χ1) is 20.5. The third kappa shape index (κ3) is 23.7. The summed E-state index contributed by atoms with van der Waals surface area (Å²) in [5.74, 6) is -0.340. The van der Waals surface area contributed by atoms with Gasteiger partial charge >= 0.3 is 0 Å². The van der Waals surface area contributed by atoms with Gasteiger partial charge in [0.2, 0.25) is 5.91 Å². The maximum atomic E-state index is 13.7. The van der Waals surface area contributed by atoms with Gasteiger partial charge in [-0.15, -0.1) is 0 Å². The fourth-order valence-electron chi connectivity index (χ4n) is 3.97. The molecule has 0 heterocycles. The number of carbonyl (C=O) groups excluding carboxylic acids is 2. The van der Waals surface area contributed by atoms with Crippen LogP contribution in [0.2, 0.25) is 0 Å². The molecule has 0 aliphatic heterocycles. The minimum absolute atomic E-state index is 0.102. The molecule has 0 saturated carbocycles. The maximum Gasteiger partial charge on any atom is 0.266 e. The van der Waals surface area contributed by atoms with E-state index in [2.05, 4.69) is 33.5 Å². The van der Waals surface area contributed by atoms with Crippen LogP contribution >= 0.6 is 0 Å². The number of Topliss-reactive ketones (excluding diaryl/α,β-unsaturated/α-hetero) is 1. The van der Waals surface area contributed by atoms with Crippen LogP contribution in [0.3, 0.4) is 0 Å². The van der Waals surface area contributed by atoms with E-state index in [0.29, 0.717) is 98.3 Å². The molecule has 15 heteroatoms. The van der Waals surface area contributed by atoms with Crippen molar-refractivity contribution in [3.8, 4) is 0 Å². The fourth-order valence-corrected chi connectivity index (χ4v) is 4.38. The summed E-state index contributed by atoms with van der Waals surface area (Å²) in [4.78, 5) is 26.2. The monoisotopic (exact) mass is 640 g/mol. The first-order valence-electron chi connectivity index (χ1n) is 15.6. The highest BCUT2D eigenvalue weighted by atomic mass is 32.2. The molecule has 256 valence electrons. The van der Waals surface area contributed by atoms with Gasteiger partial charge in [0, 0.05) is 70.2 Å². The Hall–Kier alpha value is -1.27. The molecule has 3 unspecified atom stereocenters. The summed E-state index contributed by atoms with van der Waals surface area (Å²) in [5, 5.41) is 15.7. The zero-order valence-electron chi connectivity index (χ0n) is 26.9. The van der Waals surface area contributed by atoms with Gasteiger partial charge in [-0.1, -0.05) is 20.8 Å². The van der Waals surface area contributed by atoms with Crippen molar-refractivity contribution in [2.75, 3.05) is 97.8 Å². The van der Waals surface area contributed by atoms with Gasteiger partial charge in [0.25, 0.3) is 10.1 Å². The molecule has 0 aromatic carbocycles. The van der Waals surface area contributed by atoms with Crippen molar-refractivity contribution in [3.05, 3.63) is 0 Å². The summed E-state index contributed by atoms with van der Waals surface area (Å²) in [5.41, 5.74) is 4.77. The van der Waals surface area contributed by atoms with Crippen LogP contribution in [0.25, 0.3) is 0 Å². The Morgan fingerprint density at radius 1 is 0.860 bits per heavy atom. The number of amides is 1. The van der Waals surface area contributed by atoms with E-state index in [-0.39, 0.29) is 36.5 Å². The Bertz CT molecular complexity index is 823. The second-order valence-electron chi connectivity index (χ2n) is 10.8. The van der Waals surface area contributed by atoms with Gasteiger partial charge in [-0.3, -0.25) is 14.1 Å². The number of carbonyl (C=O) groups is 2. The van der Waals surface area contributed by atoms with E-state index >= 15 is 0 Å². The molecule has 14 nitrogen and oxygen atoms in total. The van der Waals surface area contributed by atoms with E-state index in [0.717, 1.165) is 6.42 Å². The molecule has 8 N–H and O–H groups in total. The number of rotatable bonds is 31. The van der Waals surface area contributed by atoms with Crippen LogP contribution in [0.4, 0.5) is 0 Å². The van der Waals surface area contributed by atoms with Crippen LogP contribution in [0.15, 0.2) is 0 Å². The number of nitrogens with two attached hydrogens (primary N) is 1. The average Bonchev–Trinajstić information content (AvgIpc) is 2.97. The number of hydrogen-bond donors (Lipinski definition) is 7. The van der Waals surface area contributed by atoms with E-state index in [1.807, 2.05) is 20.8 Å². The molecule has 0 aliphatic carbocycles. The van der Waals surface area contributed by atoms with Crippen molar-refractivity contribution in [2.45, 2.75) is 65.5 Å². The Labute approximate surface area is 259 Å². The summed E-state index contributed by atoms with van der Waals surface area (Å²) < 4.78 is 46.3. The highest BCUT2D eigenvalue weighted by Crippen LogP contribution is 2.25. The SMILES string of the molecule is CCC(C)NC(CCC(=O)NCCNCCNCCS(=O)(=O)O)C(=O)C(C)(CC)CNCCOCCOCCOCCN. The van der Waals surface area contributed by atoms with Gasteiger partial charge in [0.15, 0.2) is 5.78 Å². The van der Waals surface area contributed by atoms with Crippen molar-refractivity contribution in [1.82, 2.24) is 26.6 Å². The summed E-state index contributed by atoms with van der Waals surface area (Å²) in [6, 6.07) is -0.286. The van der Waals surface area contributed by atoms with Crippen LogP contribution in [0.5, 0.6) is 0 Å². The van der Waals surface area contributed by atoms with E-state index < -0.39 is 21.6 Å². The molecule has 0 saturated heterocycles. The lowest BCUT2D eigenvalue weighted by atomic mass is 9.78. The van der Waals surface area contributed by atoms with E-state index in [1.165, 1.54) is 0 Å². The molecule has 0 aromatic rings. The Kier molecular flexibility index (Phi) is 25.2. The van der Waals surface area contributed by atoms with Gasteiger partial charge in [0.1, 0.15) is 0 Å². The predicted octanol–water partition coefficient (Wildman–Crippen LogP) is -0.710. The second-order valence-corrected chi connectivity index (χ2v) is 12.4. The van der Waals surface area contributed by atoms with Crippen molar-refractivity contribution in [1.29, 1.82) is 0 Å². The Morgan fingerprint density at radius 3 is 2.02 bits per heavy atom. The third-order valence-corrected chi connectivity index (χ3v) is 7.75. The molecule has 43 heavy (non-hydrogen) atoms. The zero-order valence-corrected chi connectivity index (χ0v) is 27.7. The van der Waals surface area contributed by atoms with Crippen LogP contribution in [0.1, 0.15) is 53.4 Å². The van der Waals surface area contributed by atoms with Crippen molar-refractivity contribution in [3.63, 3.8) is 0 Å². The quantitative estimate of drug-likeness (QED) is 0.0370. The molecular weight excluding hydrogens is 580 g/mol. The molecular formula is C28H60N6O8S. The molecule has 0 fully saturated rings. The Morgan fingerprint density at radius 2 is 1.44 bits per heavy atom. The highest BCUT2D eigenvalue weighted by molar-refractivity contribution is 7.85. The van der Waals surface area contributed by atoms with Gasteiger partial charge in [-0.2, -0.15) is 8.42 Å². The summed E-state index contributed by atoms with van der Waals surface area (Å²) in [6.45, 7) is 15.0.